The highest BCUT2D eigenvalue weighted by Gasteiger charge is 2.14. The number of hydrogen-bond acceptors (Lipinski definition) is 2. The number of rotatable bonds is 2. The van der Waals surface area contributed by atoms with Crippen molar-refractivity contribution in [2.75, 3.05) is 0 Å². The average molecular weight is 238 g/mol. The lowest BCUT2D eigenvalue weighted by molar-refractivity contribution is 0.0697. The first-order valence-electron chi connectivity index (χ1n) is 5.51. The summed E-state index contributed by atoms with van der Waals surface area (Å²) in [6.07, 6.45) is 5.58. The van der Waals surface area contributed by atoms with Crippen LogP contribution in [0.5, 0.6) is 0 Å². The summed E-state index contributed by atoms with van der Waals surface area (Å²) in [7, 11) is 0. The molecule has 0 amide bonds. The fraction of sp³-hybridized carbons (Fsp3) is 0. The smallest absolute Gasteiger partial charge is 0.335 e. The van der Waals surface area contributed by atoms with Crippen LogP contribution in [0.15, 0.2) is 41.5 Å². The lowest BCUT2D eigenvalue weighted by atomic mass is 10.0. The molecular formula is C14H10N2O2. The van der Waals surface area contributed by atoms with Crippen molar-refractivity contribution in [2.24, 2.45) is 4.99 Å². The van der Waals surface area contributed by atoms with Gasteiger partial charge in [-0.25, -0.2) is 4.79 Å². The van der Waals surface area contributed by atoms with Gasteiger partial charge in [-0.2, -0.15) is 0 Å². The van der Waals surface area contributed by atoms with Crippen LogP contribution in [0.3, 0.4) is 0 Å². The third kappa shape index (κ3) is 1.73. The Morgan fingerprint density at radius 3 is 2.94 bits per heavy atom. The number of allylic oxidation sites excluding steroid dienone is 1. The molecule has 2 aromatic rings. The minimum atomic E-state index is -0.935. The SMILES string of the molecule is O=C(O)c1ccc2c(c1)N=CC2=Cc1ccc[nH]1. The second-order valence-corrected chi connectivity index (χ2v) is 4.02. The summed E-state index contributed by atoms with van der Waals surface area (Å²) in [5, 5.41) is 8.92. The number of carbonyl (C=O) groups is 1. The van der Waals surface area contributed by atoms with Crippen molar-refractivity contribution in [1.29, 1.82) is 0 Å². The van der Waals surface area contributed by atoms with Crippen LogP contribution >= 0.6 is 0 Å². The first-order valence-corrected chi connectivity index (χ1v) is 5.51. The summed E-state index contributed by atoms with van der Waals surface area (Å²) in [6, 6.07) is 8.86. The minimum absolute atomic E-state index is 0.257. The minimum Gasteiger partial charge on any atom is -0.478 e. The van der Waals surface area contributed by atoms with Crippen molar-refractivity contribution in [2.45, 2.75) is 0 Å². The molecule has 2 N–H and O–H groups in total. The molecule has 0 atom stereocenters. The maximum Gasteiger partial charge on any atom is 0.335 e. The number of carboxylic acids is 1. The molecule has 4 nitrogen and oxygen atoms in total. The molecule has 1 aliphatic heterocycles. The highest BCUT2D eigenvalue weighted by atomic mass is 16.4. The zero-order valence-corrected chi connectivity index (χ0v) is 9.42. The molecule has 0 bridgehead atoms. The molecule has 3 rings (SSSR count). The first kappa shape index (κ1) is 10.5. The third-order valence-electron chi connectivity index (χ3n) is 2.83. The van der Waals surface area contributed by atoms with E-state index in [0.29, 0.717) is 5.69 Å². The van der Waals surface area contributed by atoms with Gasteiger partial charge in [-0.3, -0.25) is 4.99 Å². The van der Waals surface area contributed by atoms with E-state index in [9.17, 15) is 4.79 Å². The number of benzene rings is 1. The summed E-state index contributed by atoms with van der Waals surface area (Å²) in [4.78, 5) is 18.2. The van der Waals surface area contributed by atoms with E-state index in [-0.39, 0.29) is 5.56 Å². The number of nitrogens with one attached hydrogen (secondary N) is 1. The Bertz CT molecular complexity index is 667. The number of fused-ring (bicyclic) bond motifs is 1. The molecule has 88 valence electrons. The van der Waals surface area contributed by atoms with Gasteiger partial charge < -0.3 is 10.1 Å². The van der Waals surface area contributed by atoms with Gasteiger partial charge in [-0.05, 0) is 30.3 Å². The van der Waals surface area contributed by atoms with Crippen molar-refractivity contribution in [3.63, 3.8) is 0 Å². The van der Waals surface area contributed by atoms with Gasteiger partial charge in [0.25, 0.3) is 0 Å². The van der Waals surface area contributed by atoms with Crippen molar-refractivity contribution < 1.29 is 9.90 Å². The van der Waals surface area contributed by atoms with E-state index in [1.54, 1.807) is 24.4 Å². The number of nitrogens with zero attached hydrogens (tertiary/aromatic N) is 1. The van der Waals surface area contributed by atoms with E-state index in [1.807, 2.05) is 24.4 Å². The highest BCUT2D eigenvalue weighted by Crippen LogP contribution is 2.33. The summed E-state index contributed by atoms with van der Waals surface area (Å²) in [5.41, 5.74) is 3.88. The van der Waals surface area contributed by atoms with Crippen molar-refractivity contribution >= 4 is 29.5 Å². The molecule has 2 heterocycles. The Balaban J connectivity index is 2.03. The van der Waals surface area contributed by atoms with Gasteiger partial charge in [-0.1, -0.05) is 6.07 Å². The van der Waals surface area contributed by atoms with Gasteiger partial charge in [0, 0.05) is 29.2 Å². The fourth-order valence-electron chi connectivity index (χ4n) is 1.94. The van der Waals surface area contributed by atoms with Gasteiger partial charge in [0.1, 0.15) is 0 Å². The van der Waals surface area contributed by atoms with Crippen LogP contribution < -0.4 is 0 Å². The summed E-state index contributed by atoms with van der Waals surface area (Å²) >= 11 is 0. The molecule has 1 aromatic heterocycles. The van der Waals surface area contributed by atoms with Crippen molar-refractivity contribution in [3.8, 4) is 0 Å². The van der Waals surface area contributed by atoms with E-state index >= 15 is 0 Å². The molecule has 1 aliphatic rings. The van der Waals surface area contributed by atoms with Crippen LogP contribution in [0, 0.1) is 0 Å². The number of H-pyrrole nitrogens is 1. The first-order chi connectivity index (χ1) is 8.74. The summed E-state index contributed by atoms with van der Waals surface area (Å²) in [5.74, 6) is -0.935. The molecule has 4 heteroatoms. The van der Waals surface area contributed by atoms with Crippen LogP contribution in [0.1, 0.15) is 21.6 Å². The lowest BCUT2D eigenvalue weighted by Crippen LogP contribution is -1.95. The monoisotopic (exact) mass is 238 g/mol. The Hall–Kier alpha value is -2.62. The zero-order chi connectivity index (χ0) is 12.5. The molecule has 1 aromatic carbocycles. The van der Waals surface area contributed by atoms with E-state index in [0.717, 1.165) is 16.8 Å². The third-order valence-corrected chi connectivity index (χ3v) is 2.83. The molecule has 0 radical (unpaired) electrons. The van der Waals surface area contributed by atoms with Crippen molar-refractivity contribution in [3.05, 3.63) is 53.3 Å². The van der Waals surface area contributed by atoms with E-state index < -0.39 is 5.97 Å². The Kier molecular flexibility index (Phi) is 2.34. The summed E-state index contributed by atoms with van der Waals surface area (Å²) in [6.45, 7) is 0. The number of aromatic carboxylic acids is 1. The van der Waals surface area contributed by atoms with Crippen LogP contribution in [-0.2, 0) is 0 Å². The molecule has 0 fully saturated rings. The predicted molar refractivity (Wildman–Crippen MR) is 70.2 cm³/mol. The van der Waals surface area contributed by atoms with Gasteiger partial charge in [0.2, 0.25) is 0 Å². The topological polar surface area (TPSA) is 65.4 Å². The van der Waals surface area contributed by atoms with Crippen LogP contribution in [0.25, 0.3) is 11.6 Å². The molecule has 0 spiro atoms. The lowest BCUT2D eigenvalue weighted by Gasteiger charge is -2.00. The quantitative estimate of drug-likeness (QED) is 0.844. The molecular weight excluding hydrogens is 228 g/mol. The Morgan fingerprint density at radius 2 is 2.22 bits per heavy atom. The Labute approximate surface area is 103 Å². The number of carboxylic acid groups (broad SMARTS) is 1. The number of aromatic amines is 1. The molecule has 0 aliphatic carbocycles. The van der Waals surface area contributed by atoms with Gasteiger partial charge >= 0.3 is 5.97 Å². The van der Waals surface area contributed by atoms with Crippen LogP contribution in [-0.4, -0.2) is 22.3 Å². The zero-order valence-electron chi connectivity index (χ0n) is 9.42. The van der Waals surface area contributed by atoms with E-state index in [2.05, 4.69) is 9.98 Å². The average Bonchev–Trinajstić information content (AvgIpc) is 2.99. The maximum absolute atomic E-state index is 10.9. The van der Waals surface area contributed by atoms with Gasteiger partial charge in [0.15, 0.2) is 0 Å². The van der Waals surface area contributed by atoms with Gasteiger partial charge in [0.05, 0.1) is 11.3 Å². The van der Waals surface area contributed by atoms with Crippen molar-refractivity contribution in [1.82, 2.24) is 4.98 Å². The van der Waals surface area contributed by atoms with Crippen LogP contribution in [0.4, 0.5) is 5.69 Å². The largest absolute Gasteiger partial charge is 0.478 e. The normalized spacial score (nSPS) is 15.0. The molecule has 0 saturated heterocycles. The molecule has 0 saturated carbocycles. The number of hydrogen-bond donors (Lipinski definition) is 2. The highest BCUT2D eigenvalue weighted by molar-refractivity contribution is 6.21. The second-order valence-electron chi connectivity index (χ2n) is 4.02. The summed E-state index contributed by atoms with van der Waals surface area (Å²) < 4.78 is 0. The number of aliphatic imine (C=N–C) groups is 1. The van der Waals surface area contributed by atoms with Crippen LogP contribution in [0.2, 0.25) is 0 Å². The maximum atomic E-state index is 10.9. The fourth-order valence-corrected chi connectivity index (χ4v) is 1.94. The van der Waals surface area contributed by atoms with E-state index in [1.165, 1.54) is 0 Å². The number of aromatic nitrogens is 1. The Morgan fingerprint density at radius 1 is 1.33 bits per heavy atom. The van der Waals surface area contributed by atoms with E-state index in [4.69, 9.17) is 5.11 Å². The molecule has 0 unspecified atom stereocenters. The molecule has 18 heavy (non-hydrogen) atoms. The predicted octanol–water partition coefficient (Wildman–Crippen LogP) is 2.97. The standard InChI is InChI=1S/C14H10N2O2/c17-14(18)9-3-4-12-10(8-16-13(12)7-9)6-11-2-1-5-15-11/h1-8,15H,(H,17,18). The van der Waals surface area contributed by atoms with Gasteiger partial charge in [-0.15, -0.1) is 0 Å². The second kappa shape index (κ2) is 4.00.